The number of rotatable bonds is 6. The molecule has 128 valence electrons. The molecule has 0 spiro atoms. The normalized spacial score (nSPS) is 11.8. The van der Waals surface area contributed by atoms with Crippen molar-refractivity contribution in [2.24, 2.45) is 5.10 Å². The van der Waals surface area contributed by atoms with Crippen LogP contribution in [-0.4, -0.2) is 37.4 Å². The molecule has 2 rings (SSSR count). The lowest BCUT2D eigenvalue weighted by atomic mass is 10.3. The topological polar surface area (TPSA) is 86.9 Å². The fourth-order valence-corrected chi connectivity index (χ4v) is 2.25. The number of para-hydroxylation sites is 1. The summed E-state index contributed by atoms with van der Waals surface area (Å²) in [7, 11) is -1.76. The Bertz CT molecular complexity index is 816. The molecule has 2 aromatic rings. The van der Waals surface area contributed by atoms with Gasteiger partial charge in [0.05, 0.1) is 19.0 Å². The molecule has 0 amide bonds. The molecule has 24 heavy (non-hydrogen) atoms. The summed E-state index contributed by atoms with van der Waals surface area (Å²) in [5, 5.41) is 7.30. The molecule has 0 bridgehead atoms. The van der Waals surface area contributed by atoms with E-state index in [0.29, 0.717) is 16.6 Å². The Labute approximate surface area is 146 Å². The Balaban J connectivity index is 1.85. The van der Waals surface area contributed by atoms with Gasteiger partial charge in [-0.15, -0.1) is 0 Å². The number of furan rings is 1. The molecule has 0 unspecified atom stereocenters. The predicted molar refractivity (Wildman–Crippen MR) is 98.4 cm³/mol. The van der Waals surface area contributed by atoms with E-state index in [9.17, 15) is 8.42 Å². The Kier molecular flexibility index (Phi) is 6.07. The standard InChI is InChI=1S/C15H18N4O3S2/c1-19(24(2,20)21)11-14-9-8-13(22-14)10-16-18-15(23)17-12-6-4-3-5-7-12/h3-10H,11H2,1-2H3,(H2,17,18,23)/b16-10-. The zero-order valence-corrected chi connectivity index (χ0v) is 14.9. The maximum absolute atomic E-state index is 11.4. The number of nitrogens with one attached hydrogen (secondary N) is 2. The molecular formula is C15H18N4O3S2. The maximum Gasteiger partial charge on any atom is 0.211 e. The van der Waals surface area contributed by atoms with Gasteiger partial charge in [0.25, 0.3) is 0 Å². The van der Waals surface area contributed by atoms with Gasteiger partial charge in [0.1, 0.15) is 11.5 Å². The second-order valence-corrected chi connectivity index (χ2v) is 7.51. The minimum atomic E-state index is -3.25. The number of thiocarbonyl (C=S) groups is 1. The predicted octanol–water partition coefficient (Wildman–Crippen LogP) is 1.99. The van der Waals surface area contributed by atoms with Crippen LogP contribution in [0.25, 0.3) is 0 Å². The van der Waals surface area contributed by atoms with Crippen LogP contribution >= 0.6 is 12.2 Å². The number of hydrogen-bond donors (Lipinski definition) is 2. The van der Waals surface area contributed by atoms with Crippen LogP contribution in [0.3, 0.4) is 0 Å². The van der Waals surface area contributed by atoms with Gasteiger partial charge in [-0.1, -0.05) is 18.2 Å². The van der Waals surface area contributed by atoms with Crippen LogP contribution in [0.5, 0.6) is 0 Å². The van der Waals surface area contributed by atoms with Gasteiger partial charge < -0.3 is 9.73 Å². The number of hydrogen-bond acceptors (Lipinski definition) is 5. The van der Waals surface area contributed by atoms with Gasteiger partial charge in [-0.05, 0) is 36.5 Å². The van der Waals surface area contributed by atoms with E-state index >= 15 is 0 Å². The zero-order chi connectivity index (χ0) is 17.6. The quantitative estimate of drug-likeness (QED) is 0.462. The third-order valence-corrected chi connectivity index (χ3v) is 4.47. The van der Waals surface area contributed by atoms with Gasteiger partial charge in [-0.25, -0.2) is 8.42 Å². The molecule has 0 saturated carbocycles. The van der Waals surface area contributed by atoms with Crippen LogP contribution in [0, 0.1) is 0 Å². The van der Waals surface area contributed by atoms with Crippen LogP contribution in [0.1, 0.15) is 11.5 Å². The lowest BCUT2D eigenvalue weighted by Gasteiger charge is -2.11. The highest BCUT2D eigenvalue weighted by Gasteiger charge is 2.13. The van der Waals surface area contributed by atoms with Gasteiger partial charge >= 0.3 is 0 Å². The van der Waals surface area contributed by atoms with E-state index in [1.54, 1.807) is 12.1 Å². The van der Waals surface area contributed by atoms with Crippen molar-refractivity contribution in [3.05, 3.63) is 54.0 Å². The zero-order valence-electron chi connectivity index (χ0n) is 13.3. The van der Waals surface area contributed by atoms with Crippen molar-refractivity contribution in [3.8, 4) is 0 Å². The highest BCUT2D eigenvalue weighted by Crippen LogP contribution is 2.10. The number of anilines is 1. The molecule has 7 nitrogen and oxygen atoms in total. The van der Waals surface area contributed by atoms with Gasteiger partial charge in [0.15, 0.2) is 5.11 Å². The molecule has 0 radical (unpaired) electrons. The molecule has 1 aromatic heterocycles. The molecule has 0 aliphatic heterocycles. The summed E-state index contributed by atoms with van der Waals surface area (Å²) in [5.74, 6) is 1.01. The van der Waals surface area contributed by atoms with Crippen LogP contribution in [0.4, 0.5) is 5.69 Å². The SMILES string of the molecule is CN(Cc1ccc(/C=N\NC(=S)Nc2ccccc2)o1)S(C)(=O)=O. The Morgan fingerprint density at radius 1 is 1.29 bits per heavy atom. The minimum absolute atomic E-state index is 0.161. The maximum atomic E-state index is 11.4. The summed E-state index contributed by atoms with van der Waals surface area (Å²) < 4.78 is 29.4. The van der Waals surface area contributed by atoms with Crippen LogP contribution < -0.4 is 10.7 Å². The van der Waals surface area contributed by atoms with E-state index in [4.69, 9.17) is 16.6 Å². The first-order valence-corrected chi connectivity index (χ1v) is 9.25. The number of hydrazone groups is 1. The highest BCUT2D eigenvalue weighted by molar-refractivity contribution is 7.88. The summed E-state index contributed by atoms with van der Waals surface area (Å²) in [6.07, 6.45) is 2.60. The summed E-state index contributed by atoms with van der Waals surface area (Å²) in [4.78, 5) is 0. The van der Waals surface area contributed by atoms with E-state index in [0.717, 1.165) is 11.9 Å². The third kappa shape index (κ3) is 5.76. The second kappa shape index (κ2) is 8.04. The van der Waals surface area contributed by atoms with E-state index < -0.39 is 10.0 Å². The molecule has 0 aliphatic rings. The molecule has 0 fully saturated rings. The van der Waals surface area contributed by atoms with Gasteiger partial charge in [0, 0.05) is 12.7 Å². The highest BCUT2D eigenvalue weighted by atomic mass is 32.2. The van der Waals surface area contributed by atoms with Crippen molar-refractivity contribution in [2.75, 3.05) is 18.6 Å². The number of benzene rings is 1. The molecule has 0 atom stereocenters. The van der Waals surface area contributed by atoms with Crippen molar-refractivity contribution >= 4 is 39.3 Å². The fraction of sp³-hybridized carbons (Fsp3) is 0.200. The van der Waals surface area contributed by atoms with Crippen molar-refractivity contribution in [2.45, 2.75) is 6.54 Å². The lowest BCUT2D eigenvalue weighted by Crippen LogP contribution is -2.24. The van der Waals surface area contributed by atoms with Gasteiger partial charge in [0.2, 0.25) is 10.0 Å². The molecule has 2 N–H and O–H groups in total. The molecule has 1 aromatic carbocycles. The van der Waals surface area contributed by atoms with Crippen molar-refractivity contribution < 1.29 is 12.8 Å². The third-order valence-electron chi connectivity index (χ3n) is 3.02. The number of sulfonamides is 1. The first-order chi connectivity index (χ1) is 11.3. The largest absolute Gasteiger partial charge is 0.459 e. The van der Waals surface area contributed by atoms with E-state index in [1.807, 2.05) is 30.3 Å². The molecule has 0 saturated heterocycles. The van der Waals surface area contributed by atoms with E-state index in [2.05, 4.69) is 15.8 Å². The fourth-order valence-electron chi connectivity index (χ4n) is 1.72. The molecule has 9 heteroatoms. The second-order valence-electron chi connectivity index (χ2n) is 5.01. The van der Waals surface area contributed by atoms with E-state index in [-0.39, 0.29) is 6.54 Å². The first-order valence-electron chi connectivity index (χ1n) is 7.00. The Hall–Kier alpha value is -2.23. The Morgan fingerprint density at radius 3 is 2.67 bits per heavy atom. The average Bonchev–Trinajstić information content (AvgIpc) is 2.94. The molecular weight excluding hydrogens is 348 g/mol. The van der Waals surface area contributed by atoms with Gasteiger partial charge in [-0.3, -0.25) is 5.43 Å². The van der Waals surface area contributed by atoms with Crippen LogP contribution in [0.15, 0.2) is 52.0 Å². The summed E-state index contributed by atoms with van der Waals surface area (Å²) >= 11 is 5.11. The Morgan fingerprint density at radius 2 is 2.00 bits per heavy atom. The summed E-state index contributed by atoms with van der Waals surface area (Å²) in [6, 6.07) is 12.9. The average molecular weight is 366 g/mol. The smallest absolute Gasteiger partial charge is 0.211 e. The molecule has 0 aliphatic carbocycles. The lowest BCUT2D eigenvalue weighted by molar-refractivity contribution is 0.407. The number of nitrogens with zero attached hydrogens (tertiary/aromatic N) is 2. The van der Waals surface area contributed by atoms with Crippen LogP contribution in [-0.2, 0) is 16.6 Å². The molecule has 1 heterocycles. The van der Waals surface area contributed by atoms with Gasteiger partial charge in [-0.2, -0.15) is 9.41 Å². The summed E-state index contributed by atoms with van der Waals surface area (Å²) in [5.41, 5.74) is 3.53. The first kappa shape index (κ1) is 18.1. The summed E-state index contributed by atoms with van der Waals surface area (Å²) in [6.45, 7) is 0.161. The van der Waals surface area contributed by atoms with Crippen molar-refractivity contribution in [3.63, 3.8) is 0 Å². The monoisotopic (exact) mass is 366 g/mol. The minimum Gasteiger partial charge on any atom is -0.459 e. The van der Waals surface area contributed by atoms with Crippen molar-refractivity contribution in [1.29, 1.82) is 0 Å². The van der Waals surface area contributed by atoms with E-state index in [1.165, 1.54) is 17.6 Å². The van der Waals surface area contributed by atoms with Crippen LogP contribution in [0.2, 0.25) is 0 Å². The van der Waals surface area contributed by atoms with Crippen molar-refractivity contribution in [1.82, 2.24) is 9.73 Å².